The first-order valence-electron chi connectivity index (χ1n) is 5.78. The Labute approximate surface area is 112 Å². The number of nitrogens with one attached hydrogen (secondary N) is 1. The molecule has 2 aromatic rings. The molecular formula is C13H16N4S. The molecule has 0 aliphatic heterocycles. The third kappa shape index (κ3) is 3.07. The molecule has 0 atom stereocenters. The summed E-state index contributed by atoms with van der Waals surface area (Å²) >= 11 is 4.98. The lowest BCUT2D eigenvalue weighted by Crippen LogP contribution is -2.13. The molecule has 0 amide bonds. The van der Waals surface area contributed by atoms with Gasteiger partial charge < -0.3 is 11.1 Å². The zero-order valence-corrected chi connectivity index (χ0v) is 11.1. The molecule has 94 valence electrons. The molecule has 1 heterocycles. The lowest BCUT2D eigenvalue weighted by atomic mass is 10.1. The first-order chi connectivity index (χ1) is 8.66. The van der Waals surface area contributed by atoms with Crippen molar-refractivity contribution < 1.29 is 0 Å². The Morgan fingerprint density at radius 3 is 2.94 bits per heavy atom. The predicted molar refractivity (Wildman–Crippen MR) is 77.8 cm³/mol. The molecule has 18 heavy (non-hydrogen) atoms. The number of thiocarbonyl (C=S) groups is 1. The fraction of sp³-hybridized carbons (Fsp3) is 0.231. The van der Waals surface area contributed by atoms with Gasteiger partial charge in [0.1, 0.15) is 4.99 Å². The monoisotopic (exact) mass is 260 g/mol. The van der Waals surface area contributed by atoms with Gasteiger partial charge in [0, 0.05) is 30.2 Å². The van der Waals surface area contributed by atoms with E-state index in [1.54, 1.807) is 6.20 Å². The first kappa shape index (κ1) is 12.6. The summed E-state index contributed by atoms with van der Waals surface area (Å²) in [5.74, 6) is 0. The third-order valence-electron chi connectivity index (χ3n) is 2.72. The molecule has 0 saturated heterocycles. The summed E-state index contributed by atoms with van der Waals surface area (Å²) in [5.41, 5.74) is 8.72. The van der Waals surface area contributed by atoms with Gasteiger partial charge in [-0.15, -0.1) is 0 Å². The zero-order chi connectivity index (χ0) is 13.0. The molecule has 1 aromatic carbocycles. The number of anilines is 1. The smallest absolute Gasteiger partial charge is 0.104 e. The lowest BCUT2D eigenvalue weighted by Gasteiger charge is -2.10. The minimum absolute atomic E-state index is 0.440. The van der Waals surface area contributed by atoms with Gasteiger partial charge in [0.2, 0.25) is 0 Å². The fourth-order valence-corrected chi connectivity index (χ4v) is 2.03. The highest BCUT2D eigenvalue weighted by molar-refractivity contribution is 7.80. The SMILES string of the molecule is Cc1cc(NCCn2cccn2)ccc1C(N)=S. The molecule has 0 radical (unpaired) electrons. The number of hydrogen-bond donors (Lipinski definition) is 2. The van der Waals surface area contributed by atoms with Crippen LogP contribution in [0.25, 0.3) is 0 Å². The summed E-state index contributed by atoms with van der Waals surface area (Å²) in [4.78, 5) is 0.440. The van der Waals surface area contributed by atoms with E-state index in [0.29, 0.717) is 4.99 Å². The van der Waals surface area contributed by atoms with Crippen LogP contribution in [0.15, 0.2) is 36.7 Å². The van der Waals surface area contributed by atoms with Gasteiger partial charge in [-0.25, -0.2) is 0 Å². The molecule has 4 nitrogen and oxygen atoms in total. The maximum atomic E-state index is 5.63. The number of nitrogens with zero attached hydrogens (tertiary/aromatic N) is 2. The maximum Gasteiger partial charge on any atom is 0.104 e. The second kappa shape index (κ2) is 5.64. The lowest BCUT2D eigenvalue weighted by molar-refractivity contribution is 0.638. The van der Waals surface area contributed by atoms with E-state index in [0.717, 1.165) is 29.9 Å². The van der Waals surface area contributed by atoms with Gasteiger partial charge in [-0.3, -0.25) is 4.68 Å². The summed E-state index contributed by atoms with van der Waals surface area (Å²) in [7, 11) is 0. The number of aryl methyl sites for hydroxylation is 1. The minimum atomic E-state index is 0.440. The Bertz CT molecular complexity index is 534. The summed E-state index contributed by atoms with van der Waals surface area (Å²) < 4.78 is 1.89. The standard InChI is InChI=1S/C13H16N4S/c1-10-9-11(3-4-12(10)13(14)18)15-6-8-17-7-2-5-16-17/h2-5,7,9,15H,6,8H2,1H3,(H2,14,18). The molecule has 2 rings (SSSR count). The van der Waals surface area contributed by atoms with Gasteiger partial charge in [-0.2, -0.15) is 5.10 Å². The van der Waals surface area contributed by atoms with Crippen LogP contribution in [0, 0.1) is 6.92 Å². The van der Waals surface area contributed by atoms with E-state index < -0.39 is 0 Å². The van der Waals surface area contributed by atoms with Crippen molar-refractivity contribution in [3.63, 3.8) is 0 Å². The van der Waals surface area contributed by atoms with Crippen LogP contribution in [-0.4, -0.2) is 21.3 Å². The molecule has 5 heteroatoms. The van der Waals surface area contributed by atoms with Crippen LogP contribution in [0.3, 0.4) is 0 Å². The van der Waals surface area contributed by atoms with Crippen molar-refractivity contribution in [3.8, 4) is 0 Å². The van der Waals surface area contributed by atoms with Gasteiger partial charge in [-0.1, -0.05) is 12.2 Å². The fourth-order valence-electron chi connectivity index (χ4n) is 1.80. The van der Waals surface area contributed by atoms with Crippen LogP contribution in [0.4, 0.5) is 5.69 Å². The van der Waals surface area contributed by atoms with E-state index >= 15 is 0 Å². The number of benzene rings is 1. The van der Waals surface area contributed by atoms with Crippen LogP contribution in [0.2, 0.25) is 0 Å². The Morgan fingerprint density at radius 1 is 1.50 bits per heavy atom. The van der Waals surface area contributed by atoms with E-state index in [9.17, 15) is 0 Å². The second-order valence-corrected chi connectivity index (χ2v) is 4.53. The van der Waals surface area contributed by atoms with Gasteiger partial charge in [0.25, 0.3) is 0 Å². The average molecular weight is 260 g/mol. The van der Waals surface area contributed by atoms with Crippen molar-refractivity contribution in [2.75, 3.05) is 11.9 Å². The Balaban J connectivity index is 1.94. The highest BCUT2D eigenvalue weighted by Gasteiger charge is 2.02. The number of nitrogens with two attached hydrogens (primary N) is 1. The van der Waals surface area contributed by atoms with E-state index in [4.69, 9.17) is 18.0 Å². The molecule has 0 bridgehead atoms. The molecule has 0 unspecified atom stereocenters. The molecular weight excluding hydrogens is 244 g/mol. The number of aromatic nitrogens is 2. The van der Waals surface area contributed by atoms with Gasteiger partial charge in [-0.05, 0) is 36.8 Å². The van der Waals surface area contributed by atoms with Crippen LogP contribution < -0.4 is 11.1 Å². The highest BCUT2D eigenvalue weighted by atomic mass is 32.1. The maximum absolute atomic E-state index is 5.63. The predicted octanol–water partition coefficient (Wildman–Crippen LogP) is 1.94. The van der Waals surface area contributed by atoms with E-state index in [1.807, 2.05) is 36.0 Å². The summed E-state index contributed by atoms with van der Waals surface area (Å²) in [6.07, 6.45) is 3.73. The van der Waals surface area contributed by atoms with E-state index in [-0.39, 0.29) is 0 Å². The summed E-state index contributed by atoms with van der Waals surface area (Å²) in [5, 5.41) is 7.49. The van der Waals surface area contributed by atoms with Crippen LogP contribution in [0.5, 0.6) is 0 Å². The van der Waals surface area contributed by atoms with Crippen molar-refractivity contribution in [3.05, 3.63) is 47.8 Å². The van der Waals surface area contributed by atoms with Crippen LogP contribution in [-0.2, 0) is 6.54 Å². The van der Waals surface area contributed by atoms with Crippen molar-refractivity contribution in [2.24, 2.45) is 5.73 Å². The molecule has 1 aromatic heterocycles. The highest BCUT2D eigenvalue weighted by Crippen LogP contribution is 2.14. The Hall–Kier alpha value is -1.88. The van der Waals surface area contributed by atoms with Gasteiger partial charge >= 0.3 is 0 Å². The van der Waals surface area contributed by atoms with Crippen molar-refractivity contribution in [1.82, 2.24) is 9.78 Å². The van der Waals surface area contributed by atoms with Gasteiger partial charge in [0.15, 0.2) is 0 Å². The normalized spacial score (nSPS) is 10.3. The summed E-state index contributed by atoms with van der Waals surface area (Å²) in [6, 6.07) is 7.91. The number of rotatable bonds is 5. The molecule has 0 aliphatic rings. The Kier molecular flexibility index (Phi) is 3.94. The molecule has 3 N–H and O–H groups in total. The molecule has 0 saturated carbocycles. The first-order valence-corrected chi connectivity index (χ1v) is 6.19. The third-order valence-corrected chi connectivity index (χ3v) is 2.94. The molecule has 0 spiro atoms. The largest absolute Gasteiger partial charge is 0.389 e. The van der Waals surface area contributed by atoms with Crippen molar-refractivity contribution in [1.29, 1.82) is 0 Å². The number of hydrogen-bond acceptors (Lipinski definition) is 3. The topological polar surface area (TPSA) is 55.9 Å². The Morgan fingerprint density at radius 2 is 2.33 bits per heavy atom. The summed E-state index contributed by atoms with van der Waals surface area (Å²) in [6.45, 7) is 3.67. The van der Waals surface area contributed by atoms with Crippen molar-refractivity contribution >= 4 is 22.9 Å². The average Bonchev–Trinajstić information content (AvgIpc) is 2.81. The van der Waals surface area contributed by atoms with Gasteiger partial charge in [0.05, 0.1) is 6.54 Å². The van der Waals surface area contributed by atoms with E-state index in [2.05, 4.69) is 16.5 Å². The quantitative estimate of drug-likeness (QED) is 0.807. The minimum Gasteiger partial charge on any atom is -0.389 e. The molecule has 0 fully saturated rings. The molecule has 0 aliphatic carbocycles. The van der Waals surface area contributed by atoms with Crippen LogP contribution >= 0.6 is 12.2 Å². The zero-order valence-electron chi connectivity index (χ0n) is 10.3. The van der Waals surface area contributed by atoms with Crippen LogP contribution in [0.1, 0.15) is 11.1 Å². The van der Waals surface area contributed by atoms with Crippen molar-refractivity contribution in [2.45, 2.75) is 13.5 Å². The second-order valence-electron chi connectivity index (χ2n) is 4.09. The van der Waals surface area contributed by atoms with E-state index in [1.165, 1.54) is 0 Å².